The van der Waals surface area contributed by atoms with Crippen LogP contribution in [0.5, 0.6) is 0 Å². The van der Waals surface area contributed by atoms with Crippen LogP contribution >= 0.6 is 23.1 Å². The van der Waals surface area contributed by atoms with Gasteiger partial charge in [0.25, 0.3) is 0 Å². The number of rotatable bonds is 6. The summed E-state index contributed by atoms with van der Waals surface area (Å²) in [6, 6.07) is 8.31. The normalized spacial score (nSPS) is 17.4. The van der Waals surface area contributed by atoms with Crippen LogP contribution in [0.15, 0.2) is 35.6 Å². The van der Waals surface area contributed by atoms with E-state index in [4.69, 9.17) is 0 Å². The molecule has 3 aromatic rings. The van der Waals surface area contributed by atoms with Gasteiger partial charge in [-0.15, -0.1) is 11.3 Å². The molecule has 1 aromatic carbocycles. The first-order valence-electron chi connectivity index (χ1n) is 9.71. The van der Waals surface area contributed by atoms with E-state index >= 15 is 0 Å². The summed E-state index contributed by atoms with van der Waals surface area (Å²) in [6.45, 7) is 4.35. The molecule has 0 saturated heterocycles. The highest BCUT2D eigenvalue weighted by Crippen LogP contribution is 2.41. The van der Waals surface area contributed by atoms with Gasteiger partial charge in [-0.25, -0.2) is 9.97 Å². The number of hydrogen-bond donors (Lipinski definition) is 1. The first-order valence-corrected chi connectivity index (χ1v) is 11.4. The molecule has 2 atom stereocenters. The lowest BCUT2D eigenvalue weighted by Crippen LogP contribution is -2.17. The van der Waals surface area contributed by atoms with Crippen LogP contribution in [-0.2, 0) is 24.1 Å². The van der Waals surface area contributed by atoms with Crippen molar-refractivity contribution in [2.45, 2.75) is 56.2 Å². The molecule has 0 aliphatic heterocycles. The Morgan fingerprint density at radius 2 is 2.11 bits per heavy atom. The lowest BCUT2D eigenvalue weighted by Gasteiger charge is -2.18. The fourth-order valence-electron chi connectivity index (χ4n) is 3.76. The molecule has 0 saturated carbocycles. The van der Waals surface area contributed by atoms with Crippen LogP contribution in [0.3, 0.4) is 0 Å². The number of carboxylic acid groups (broad SMARTS) is 1. The van der Waals surface area contributed by atoms with Crippen molar-refractivity contribution in [1.82, 2.24) is 9.97 Å². The quantitative estimate of drug-likeness (QED) is 0.439. The molecule has 1 aliphatic carbocycles. The van der Waals surface area contributed by atoms with Crippen LogP contribution in [0, 0.1) is 12.8 Å². The second kappa shape index (κ2) is 8.21. The van der Waals surface area contributed by atoms with E-state index in [0.717, 1.165) is 34.5 Å². The van der Waals surface area contributed by atoms with Crippen LogP contribution in [-0.4, -0.2) is 26.3 Å². The van der Waals surface area contributed by atoms with Crippen molar-refractivity contribution in [3.05, 3.63) is 52.2 Å². The van der Waals surface area contributed by atoms with Gasteiger partial charge in [-0.3, -0.25) is 4.79 Å². The number of nitrogens with zero attached hydrogens (tertiary/aromatic N) is 2. The van der Waals surface area contributed by atoms with E-state index in [0.29, 0.717) is 12.3 Å². The summed E-state index contributed by atoms with van der Waals surface area (Å²) in [5, 5.41) is 11.2. The summed E-state index contributed by atoms with van der Waals surface area (Å²) in [5.74, 6) is -0.0764. The Hall–Kier alpha value is -1.92. The molecule has 0 spiro atoms. The SMILES string of the molecule is Cc1ccc(CCC(Sc2ncnc3sc4c(c23)CCC(C)C4)C(=O)O)cc1. The Kier molecular flexibility index (Phi) is 5.69. The van der Waals surface area contributed by atoms with Crippen LogP contribution in [0.25, 0.3) is 10.2 Å². The maximum absolute atomic E-state index is 11.9. The largest absolute Gasteiger partial charge is 0.480 e. The first-order chi connectivity index (χ1) is 13.5. The van der Waals surface area contributed by atoms with E-state index in [1.165, 1.54) is 39.8 Å². The van der Waals surface area contributed by atoms with E-state index < -0.39 is 11.2 Å². The zero-order valence-corrected chi connectivity index (χ0v) is 17.8. The van der Waals surface area contributed by atoms with Gasteiger partial charge in [0.2, 0.25) is 0 Å². The molecule has 0 radical (unpaired) electrons. The number of thioether (sulfide) groups is 1. The lowest BCUT2D eigenvalue weighted by atomic mass is 9.89. The Morgan fingerprint density at radius 3 is 2.86 bits per heavy atom. The molecule has 0 fully saturated rings. The van der Waals surface area contributed by atoms with Gasteiger partial charge in [0, 0.05) is 10.3 Å². The van der Waals surface area contributed by atoms with E-state index in [2.05, 4.69) is 48.1 Å². The van der Waals surface area contributed by atoms with Gasteiger partial charge >= 0.3 is 5.97 Å². The highest BCUT2D eigenvalue weighted by atomic mass is 32.2. The lowest BCUT2D eigenvalue weighted by molar-refractivity contribution is -0.136. The van der Waals surface area contributed by atoms with Gasteiger partial charge in [-0.1, -0.05) is 48.5 Å². The van der Waals surface area contributed by atoms with Gasteiger partial charge in [-0.05, 0) is 56.1 Å². The third-order valence-corrected chi connectivity index (χ3v) is 7.82. The number of carbonyl (C=O) groups is 1. The molecule has 2 unspecified atom stereocenters. The molecule has 2 aromatic heterocycles. The molecule has 0 bridgehead atoms. The third kappa shape index (κ3) is 4.08. The highest BCUT2D eigenvalue weighted by Gasteiger charge is 2.26. The Labute approximate surface area is 173 Å². The van der Waals surface area contributed by atoms with Gasteiger partial charge < -0.3 is 5.11 Å². The average molecular weight is 413 g/mol. The van der Waals surface area contributed by atoms with Gasteiger partial charge in [-0.2, -0.15) is 0 Å². The van der Waals surface area contributed by atoms with Crippen molar-refractivity contribution in [2.24, 2.45) is 5.92 Å². The Balaban J connectivity index is 1.58. The molecule has 1 N–H and O–H groups in total. The van der Waals surface area contributed by atoms with Crippen molar-refractivity contribution < 1.29 is 9.90 Å². The molecule has 2 heterocycles. The number of aliphatic carboxylic acids is 1. The first kappa shape index (κ1) is 19.4. The summed E-state index contributed by atoms with van der Waals surface area (Å²) in [7, 11) is 0. The number of carboxylic acids is 1. The minimum atomic E-state index is -0.776. The number of aromatic nitrogens is 2. The molecule has 4 rings (SSSR count). The smallest absolute Gasteiger partial charge is 0.317 e. The second-order valence-electron chi connectivity index (χ2n) is 7.68. The molecular formula is C22H24N2O2S2. The molecule has 28 heavy (non-hydrogen) atoms. The summed E-state index contributed by atoms with van der Waals surface area (Å²) in [6.07, 6.45) is 6.22. The number of benzene rings is 1. The van der Waals surface area contributed by atoms with E-state index in [-0.39, 0.29) is 0 Å². The maximum atomic E-state index is 11.9. The molecule has 146 valence electrons. The summed E-state index contributed by atoms with van der Waals surface area (Å²) in [5.41, 5.74) is 3.74. The molecule has 6 heteroatoms. The van der Waals surface area contributed by atoms with E-state index in [1.807, 2.05) is 0 Å². The van der Waals surface area contributed by atoms with E-state index in [1.54, 1.807) is 17.7 Å². The predicted octanol–water partition coefficient (Wildman–Crippen LogP) is 5.30. The van der Waals surface area contributed by atoms with Gasteiger partial charge in [0.15, 0.2) is 0 Å². The van der Waals surface area contributed by atoms with Crippen molar-refractivity contribution in [2.75, 3.05) is 0 Å². The predicted molar refractivity (Wildman–Crippen MR) is 115 cm³/mol. The number of aryl methyl sites for hydroxylation is 3. The van der Waals surface area contributed by atoms with Crippen LogP contribution in [0.4, 0.5) is 0 Å². The zero-order chi connectivity index (χ0) is 19.7. The van der Waals surface area contributed by atoms with Crippen LogP contribution in [0.1, 0.15) is 41.3 Å². The number of hydrogen-bond acceptors (Lipinski definition) is 5. The minimum Gasteiger partial charge on any atom is -0.480 e. The van der Waals surface area contributed by atoms with Crippen LogP contribution in [0.2, 0.25) is 0 Å². The third-order valence-electron chi connectivity index (χ3n) is 5.40. The minimum absolute atomic E-state index is 0.516. The maximum Gasteiger partial charge on any atom is 0.317 e. The number of fused-ring (bicyclic) bond motifs is 3. The van der Waals surface area contributed by atoms with Gasteiger partial charge in [0.1, 0.15) is 21.4 Å². The molecular weight excluding hydrogens is 388 g/mol. The Morgan fingerprint density at radius 1 is 1.32 bits per heavy atom. The standard InChI is InChI=1S/C22H24N2O2S2/c1-13-3-6-15(7-4-13)8-10-17(22(25)26)27-20-19-16-9-5-14(2)11-18(16)28-21(19)24-12-23-20/h3-4,6-7,12,14,17H,5,8-11H2,1-2H3,(H,25,26). The highest BCUT2D eigenvalue weighted by molar-refractivity contribution is 8.00. The van der Waals surface area contributed by atoms with E-state index in [9.17, 15) is 9.90 Å². The van der Waals surface area contributed by atoms with Crippen molar-refractivity contribution in [3.63, 3.8) is 0 Å². The molecule has 1 aliphatic rings. The fourth-order valence-corrected chi connectivity index (χ4v) is 6.22. The second-order valence-corrected chi connectivity index (χ2v) is 9.95. The summed E-state index contributed by atoms with van der Waals surface area (Å²) < 4.78 is 0. The number of thiophene rings is 1. The van der Waals surface area contributed by atoms with Crippen molar-refractivity contribution in [3.8, 4) is 0 Å². The summed E-state index contributed by atoms with van der Waals surface area (Å²) >= 11 is 3.14. The van der Waals surface area contributed by atoms with Crippen LogP contribution < -0.4 is 0 Å². The van der Waals surface area contributed by atoms with Gasteiger partial charge in [0.05, 0.1) is 0 Å². The zero-order valence-electron chi connectivity index (χ0n) is 16.1. The van der Waals surface area contributed by atoms with Crippen molar-refractivity contribution in [1.29, 1.82) is 0 Å². The fraction of sp³-hybridized carbons (Fsp3) is 0.409. The topological polar surface area (TPSA) is 63.1 Å². The monoisotopic (exact) mass is 412 g/mol. The molecule has 0 amide bonds. The molecule has 4 nitrogen and oxygen atoms in total. The average Bonchev–Trinajstić information content (AvgIpc) is 3.04. The van der Waals surface area contributed by atoms with Crippen molar-refractivity contribution >= 4 is 39.3 Å². The summed E-state index contributed by atoms with van der Waals surface area (Å²) in [4.78, 5) is 23.3. The Bertz CT molecular complexity index is 998.